The van der Waals surface area contributed by atoms with E-state index in [4.69, 9.17) is 21.0 Å². The molecule has 170 valence electrons. The molecule has 3 heterocycles. The highest BCUT2D eigenvalue weighted by atomic mass is 35.5. The number of sulfone groups is 1. The smallest absolute Gasteiger partial charge is 0.307 e. The molecule has 32 heavy (non-hydrogen) atoms. The Labute approximate surface area is 192 Å². The molecule has 1 amide bonds. The molecule has 3 aromatic rings. The van der Waals surface area contributed by atoms with Gasteiger partial charge in [0.1, 0.15) is 17.3 Å². The minimum absolute atomic E-state index is 0.0137. The van der Waals surface area contributed by atoms with Gasteiger partial charge in [-0.05, 0) is 12.1 Å². The Bertz CT molecular complexity index is 1200. The van der Waals surface area contributed by atoms with Gasteiger partial charge in [0.15, 0.2) is 9.84 Å². The Morgan fingerprint density at radius 1 is 1.19 bits per heavy atom. The molecule has 0 atom stereocenters. The summed E-state index contributed by atoms with van der Waals surface area (Å²) in [5, 5.41) is 0.617. The quantitative estimate of drug-likeness (QED) is 0.540. The second-order valence-electron chi connectivity index (χ2n) is 8.12. The standard InChI is InChI=1S/C22H25ClN4O4S/c1-15(2)21-24-9-10-27(21)22-25-20(16-3-5-17(23)6-4-16)18(31-22)7-8-19(28)26-11-13-32(29,30)14-12-26/h3-6,9-10,15H,7-8,11-14H2,1-2H3. The summed E-state index contributed by atoms with van der Waals surface area (Å²) >= 11 is 6.04. The molecule has 1 aliphatic rings. The molecule has 0 spiro atoms. The fraction of sp³-hybridized carbons (Fsp3) is 0.409. The monoisotopic (exact) mass is 476 g/mol. The second-order valence-corrected chi connectivity index (χ2v) is 10.9. The van der Waals surface area contributed by atoms with Crippen molar-refractivity contribution in [2.24, 2.45) is 0 Å². The maximum atomic E-state index is 12.7. The van der Waals surface area contributed by atoms with E-state index in [-0.39, 0.29) is 42.8 Å². The first kappa shape index (κ1) is 22.5. The number of halogens is 1. The molecule has 1 saturated heterocycles. The van der Waals surface area contributed by atoms with Gasteiger partial charge in [-0.3, -0.25) is 9.36 Å². The first-order chi connectivity index (χ1) is 15.2. The minimum atomic E-state index is -3.04. The average Bonchev–Trinajstić information content (AvgIpc) is 3.40. The first-order valence-electron chi connectivity index (χ1n) is 10.5. The lowest BCUT2D eigenvalue weighted by atomic mass is 10.1. The molecule has 0 radical (unpaired) electrons. The van der Waals surface area contributed by atoms with E-state index in [0.717, 1.165) is 11.4 Å². The summed E-state index contributed by atoms with van der Waals surface area (Å²) in [6.07, 6.45) is 4.06. The predicted molar refractivity (Wildman–Crippen MR) is 122 cm³/mol. The summed E-state index contributed by atoms with van der Waals surface area (Å²) in [5.74, 6) is 1.52. The number of aromatic nitrogens is 3. The summed E-state index contributed by atoms with van der Waals surface area (Å²) in [5.41, 5.74) is 1.48. The van der Waals surface area contributed by atoms with Crippen molar-refractivity contribution in [2.75, 3.05) is 24.6 Å². The lowest BCUT2D eigenvalue weighted by Gasteiger charge is -2.26. The van der Waals surface area contributed by atoms with Gasteiger partial charge < -0.3 is 9.32 Å². The van der Waals surface area contributed by atoms with Crippen molar-refractivity contribution in [2.45, 2.75) is 32.6 Å². The Morgan fingerprint density at radius 2 is 1.88 bits per heavy atom. The molecule has 10 heteroatoms. The van der Waals surface area contributed by atoms with Crippen LogP contribution in [0.1, 0.15) is 37.8 Å². The van der Waals surface area contributed by atoms with Gasteiger partial charge in [0, 0.05) is 54.8 Å². The molecule has 2 aromatic heterocycles. The van der Waals surface area contributed by atoms with Crippen LogP contribution in [0.5, 0.6) is 0 Å². The topological polar surface area (TPSA) is 98.3 Å². The minimum Gasteiger partial charge on any atom is -0.427 e. The predicted octanol–water partition coefficient (Wildman–Crippen LogP) is 3.49. The number of benzene rings is 1. The number of carbonyl (C=O) groups is 1. The van der Waals surface area contributed by atoms with Gasteiger partial charge in [-0.15, -0.1) is 0 Å². The van der Waals surface area contributed by atoms with Gasteiger partial charge >= 0.3 is 6.01 Å². The van der Waals surface area contributed by atoms with Crippen LogP contribution in [0.2, 0.25) is 5.02 Å². The zero-order valence-corrected chi connectivity index (χ0v) is 19.6. The van der Waals surface area contributed by atoms with E-state index in [9.17, 15) is 13.2 Å². The number of hydrogen-bond acceptors (Lipinski definition) is 6. The van der Waals surface area contributed by atoms with Gasteiger partial charge in [0.05, 0.1) is 11.5 Å². The van der Waals surface area contributed by atoms with E-state index in [1.807, 2.05) is 30.5 Å². The van der Waals surface area contributed by atoms with Crippen LogP contribution in [-0.4, -0.2) is 58.4 Å². The number of oxazole rings is 1. The maximum absolute atomic E-state index is 12.7. The van der Waals surface area contributed by atoms with Crippen LogP contribution in [0.4, 0.5) is 0 Å². The number of rotatable bonds is 6. The SMILES string of the molecule is CC(C)c1nccn1-c1nc(-c2ccc(Cl)cc2)c(CCC(=O)N2CCS(=O)(=O)CC2)o1. The first-order valence-corrected chi connectivity index (χ1v) is 12.7. The van der Waals surface area contributed by atoms with Crippen molar-refractivity contribution in [1.82, 2.24) is 19.4 Å². The van der Waals surface area contributed by atoms with Gasteiger partial charge in [-0.1, -0.05) is 37.6 Å². The third-order valence-electron chi connectivity index (χ3n) is 5.46. The fourth-order valence-electron chi connectivity index (χ4n) is 3.69. The molecule has 0 bridgehead atoms. The Morgan fingerprint density at radius 3 is 2.53 bits per heavy atom. The van der Waals surface area contributed by atoms with Crippen molar-refractivity contribution in [1.29, 1.82) is 0 Å². The molecule has 1 fully saturated rings. The molecule has 1 aromatic carbocycles. The van der Waals surface area contributed by atoms with E-state index >= 15 is 0 Å². The molecule has 4 rings (SSSR count). The second kappa shape index (κ2) is 9.07. The number of imidazole rings is 1. The number of hydrogen-bond donors (Lipinski definition) is 0. The highest BCUT2D eigenvalue weighted by Crippen LogP contribution is 2.29. The largest absolute Gasteiger partial charge is 0.427 e. The third-order valence-corrected chi connectivity index (χ3v) is 7.32. The molecule has 1 aliphatic heterocycles. The Hall–Kier alpha value is -2.65. The summed E-state index contributed by atoms with van der Waals surface area (Å²) in [6, 6.07) is 7.68. The third kappa shape index (κ3) is 4.88. The molecule has 8 nitrogen and oxygen atoms in total. The number of carbonyl (C=O) groups excluding carboxylic acids is 1. The van der Waals surface area contributed by atoms with E-state index in [1.165, 1.54) is 0 Å². The fourth-order valence-corrected chi connectivity index (χ4v) is 5.02. The van der Waals surface area contributed by atoms with E-state index in [0.29, 0.717) is 28.9 Å². The zero-order valence-electron chi connectivity index (χ0n) is 18.0. The van der Waals surface area contributed by atoms with Crippen LogP contribution >= 0.6 is 11.6 Å². The van der Waals surface area contributed by atoms with Crippen LogP contribution in [0, 0.1) is 0 Å². The number of nitrogens with zero attached hydrogens (tertiary/aromatic N) is 4. The van der Waals surface area contributed by atoms with E-state index in [1.54, 1.807) is 29.4 Å². The molecule has 0 unspecified atom stereocenters. The van der Waals surface area contributed by atoms with Gasteiger partial charge in [0.2, 0.25) is 5.91 Å². The summed E-state index contributed by atoms with van der Waals surface area (Å²) < 4.78 is 31.2. The maximum Gasteiger partial charge on any atom is 0.307 e. The molecular formula is C22H25ClN4O4S. The van der Waals surface area contributed by atoms with E-state index < -0.39 is 9.84 Å². The summed E-state index contributed by atoms with van der Waals surface area (Å²) in [4.78, 5) is 23.4. The van der Waals surface area contributed by atoms with Crippen LogP contribution in [0.15, 0.2) is 41.1 Å². The van der Waals surface area contributed by atoms with Crippen molar-refractivity contribution < 1.29 is 17.6 Å². The summed E-state index contributed by atoms with van der Waals surface area (Å²) in [7, 11) is -3.04. The van der Waals surface area contributed by atoms with Gasteiger partial charge in [-0.25, -0.2) is 13.4 Å². The highest BCUT2D eigenvalue weighted by molar-refractivity contribution is 7.91. The highest BCUT2D eigenvalue weighted by Gasteiger charge is 2.26. The van der Waals surface area contributed by atoms with Crippen molar-refractivity contribution >= 4 is 27.3 Å². The van der Waals surface area contributed by atoms with Crippen LogP contribution in [0.3, 0.4) is 0 Å². The van der Waals surface area contributed by atoms with Crippen LogP contribution < -0.4 is 0 Å². The molecule has 0 saturated carbocycles. The molecule has 0 N–H and O–H groups in total. The zero-order chi connectivity index (χ0) is 22.9. The van der Waals surface area contributed by atoms with Crippen molar-refractivity contribution in [3.8, 4) is 17.3 Å². The van der Waals surface area contributed by atoms with Crippen LogP contribution in [-0.2, 0) is 21.1 Å². The van der Waals surface area contributed by atoms with Crippen molar-refractivity contribution in [3.05, 3.63) is 53.3 Å². The number of aryl methyl sites for hydroxylation is 1. The van der Waals surface area contributed by atoms with E-state index in [2.05, 4.69) is 4.98 Å². The molecule has 0 aliphatic carbocycles. The van der Waals surface area contributed by atoms with Gasteiger partial charge in [-0.2, -0.15) is 4.98 Å². The lowest BCUT2D eigenvalue weighted by Crippen LogP contribution is -2.43. The lowest BCUT2D eigenvalue weighted by molar-refractivity contribution is -0.130. The average molecular weight is 477 g/mol. The summed E-state index contributed by atoms with van der Waals surface area (Å²) in [6.45, 7) is 4.56. The Balaban J connectivity index is 1.60. The Kier molecular flexibility index (Phi) is 6.39. The van der Waals surface area contributed by atoms with Crippen LogP contribution in [0.25, 0.3) is 17.3 Å². The van der Waals surface area contributed by atoms with Gasteiger partial charge in [0.25, 0.3) is 0 Å². The molecular weight excluding hydrogens is 452 g/mol. The number of amides is 1. The normalized spacial score (nSPS) is 15.9. The van der Waals surface area contributed by atoms with Crippen molar-refractivity contribution in [3.63, 3.8) is 0 Å².